The van der Waals surface area contributed by atoms with E-state index in [1.807, 2.05) is 0 Å². The average molecular weight is 307 g/mol. The highest BCUT2D eigenvalue weighted by Gasteiger charge is 2.22. The molecule has 0 bridgehead atoms. The Labute approximate surface area is 116 Å². The van der Waals surface area contributed by atoms with E-state index in [0.29, 0.717) is 17.5 Å². The van der Waals surface area contributed by atoms with E-state index in [1.165, 1.54) is 12.1 Å². The number of benzene rings is 1. The van der Waals surface area contributed by atoms with Gasteiger partial charge in [0.05, 0.1) is 5.02 Å². The maximum absolute atomic E-state index is 12.1. The highest BCUT2D eigenvalue weighted by molar-refractivity contribution is 8.00. The van der Waals surface area contributed by atoms with E-state index in [2.05, 4.69) is 4.72 Å². The van der Waals surface area contributed by atoms with Crippen molar-refractivity contribution in [2.45, 2.75) is 23.0 Å². The quantitative estimate of drug-likeness (QED) is 0.836. The molecule has 3 N–H and O–H groups in total. The van der Waals surface area contributed by atoms with Gasteiger partial charge in [0.15, 0.2) is 0 Å². The van der Waals surface area contributed by atoms with Crippen molar-refractivity contribution in [2.75, 3.05) is 18.0 Å². The summed E-state index contributed by atoms with van der Waals surface area (Å²) in [5.41, 5.74) is 5.97. The van der Waals surface area contributed by atoms with Gasteiger partial charge in [0, 0.05) is 17.5 Å². The lowest BCUT2D eigenvalue weighted by Gasteiger charge is -2.12. The predicted molar refractivity (Wildman–Crippen MR) is 76.5 cm³/mol. The van der Waals surface area contributed by atoms with E-state index < -0.39 is 10.0 Å². The Morgan fingerprint density at radius 3 is 2.94 bits per heavy atom. The first-order valence-electron chi connectivity index (χ1n) is 5.65. The van der Waals surface area contributed by atoms with E-state index in [4.69, 9.17) is 17.3 Å². The lowest BCUT2D eigenvalue weighted by atomic mass is 10.2. The number of rotatable bonds is 4. The molecule has 7 heteroatoms. The molecule has 0 radical (unpaired) electrons. The number of halogens is 1. The first-order chi connectivity index (χ1) is 8.49. The molecule has 0 aliphatic carbocycles. The molecule has 1 fully saturated rings. The highest BCUT2D eigenvalue weighted by Crippen LogP contribution is 2.27. The van der Waals surface area contributed by atoms with Crippen LogP contribution in [0.3, 0.4) is 0 Å². The molecule has 1 unspecified atom stereocenters. The van der Waals surface area contributed by atoms with Crippen LogP contribution in [0.4, 0.5) is 5.69 Å². The molecule has 1 aliphatic heterocycles. The second-order valence-corrected chi connectivity index (χ2v) is 7.73. The van der Waals surface area contributed by atoms with Crippen LogP contribution in [-0.4, -0.2) is 26.0 Å². The summed E-state index contributed by atoms with van der Waals surface area (Å²) in [6.45, 7) is 0.443. The summed E-state index contributed by atoms with van der Waals surface area (Å²) in [6, 6.07) is 4.45. The van der Waals surface area contributed by atoms with Crippen molar-refractivity contribution < 1.29 is 8.42 Å². The predicted octanol–water partition coefficient (Wildman–Crippen LogP) is 2.10. The Balaban J connectivity index is 2.12. The fraction of sp³-hybridized carbons (Fsp3) is 0.455. The van der Waals surface area contributed by atoms with Crippen LogP contribution in [-0.2, 0) is 10.0 Å². The van der Waals surface area contributed by atoms with Gasteiger partial charge in [-0.2, -0.15) is 11.8 Å². The fourth-order valence-corrected chi connectivity index (χ4v) is 4.73. The first-order valence-corrected chi connectivity index (χ1v) is 8.56. The summed E-state index contributed by atoms with van der Waals surface area (Å²) < 4.78 is 26.8. The van der Waals surface area contributed by atoms with Crippen molar-refractivity contribution in [3.05, 3.63) is 23.2 Å². The third-order valence-electron chi connectivity index (χ3n) is 2.77. The van der Waals surface area contributed by atoms with Gasteiger partial charge in [-0.15, -0.1) is 0 Å². The van der Waals surface area contributed by atoms with Crippen LogP contribution in [0, 0.1) is 0 Å². The minimum absolute atomic E-state index is 0.0483. The lowest BCUT2D eigenvalue weighted by molar-refractivity contribution is 0.579. The van der Waals surface area contributed by atoms with E-state index in [0.717, 1.165) is 18.6 Å². The van der Waals surface area contributed by atoms with E-state index in [1.54, 1.807) is 17.8 Å². The lowest BCUT2D eigenvalue weighted by Crippen LogP contribution is -2.30. The Morgan fingerprint density at radius 1 is 1.50 bits per heavy atom. The van der Waals surface area contributed by atoms with Gasteiger partial charge < -0.3 is 5.73 Å². The SMILES string of the molecule is Nc1ccc(Cl)c(S(=O)(=O)NCC2CCCS2)c1. The molecule has 1 saturated heterocycles. The van der Waals surface area contributed by atoms with Gasteiger partial charge in [-0.05, 0) is 36.8 Å². The average Bonchev–Trinajstić information content (AvgIpc) is 2.83. The van der Waals surface area contributed by atoms with Crippen LogP contribution < -0.4 is 10.5 Å². The zero-order valence-corrected chi connectivity index (χ0v) is 12.1. The summed E-state index contributed by atoms with van der Waals surface area (Å²) in [7, 11) is -3.58. The number of anilines is 1. The number of sulfonamides is 1. The van der Waals surface area contributed by atoms with Crippen LogP contribution in [0.15, 0.2) is 23.1 Å². The Hall–Kier alpha value is -0.430. The summed E-state index contributed by atoms with van der Waals surface area (Å²) in [5.74, 6) is 1.10. The van der Waals surface area contributed by atoms with Crippen LogP contribution >= 0.6 is 23.4 Å². The third-order valence-corrected chi connectivity index (χ3v) is 6.07. The van der Waals surface area contributed by atoms with Crippen molar-refractivity contribution >= 4 is 39.1 Å². The molecule has 0 spiro atoms. The first kappa shape index (κ1) is 14.0. The Bertz CT molecular complexity index is 528. The summed E-state index contributed by atoms with van der Waals surface area (Å²) in [6.07, 6.45) is 2.20. The molecule has 1 atom stereocenters. The number of nitrogen functional groups attached to an aromatic ring is 1. The highest BCUT2D eigenvalue weighted by atomic mass is 35.5. The number of nitrogens with one attached hydrogen (secondary N) is 1. The largest absolute Gasteiger partial charge is 0.399 e. The molecule has 18 heavy (non-hydrogen) atoms. The summed E-state index contributed by atoms with van der Waals surface area (Å²) in [5, 5.41) is 0.551. The Kier molecular flexibility index (Phi) is 4.42. The van der Waals surface area contributed by atoms with Gasteiger partial charge in [0.1, 0.15) is 4.90 Å². The smallest absolute Gasteiger partial charge is 0.242 e. The molecule has 1 aromatic rings. The van der Waals surface area contributed by atoms with Crippen molar-refractivity contribution in [3.8, 4) is 0 Å². The van der Waals surface area contributed by atoms with Gasteiger partial charge >= 0.3 is 0 Å². The van der Waals surface area contributed by atoms with Crippen LogP contribution in [0.25, 0.3) is 0 Å². The number of thioether (sulfide) groups is 1. The number of nitrogens with two attached hydrogens (primary N) is 1. The topological polar surface area (TPSA) is 72.2 Å². The van der Waals surface area contributed by atoms with Gasteiger partial charge in [-0.1, -0.05) is 11.6 Å². The van der Waals surface area contributed by atoms with Gasteiger partial charge in [-0.3, -0.25) is 0 Å². The van der Waals surface area contributed by atoms with Crippen LogP contribution in [0.5, 0.6) is 0 Å². The van der Waals surface area contributed by atoms with E-state index in [-0.39, 0.29) is 9.92 Å². The van der Waals surface area contributed by atoms with E-state index >= 15 is 0 Å². The second-order valence-electron chi connectivity index (χ2n) is 4.18. The summed E-state index contributed by atoms with van der Waals surface area (Å²) in [4.78, 5) is 0.0483. The monoisotopic (exact) mass is 306 g/mol. The molecule has 100 valence electrons. The zero-order chi connectivity index (χ0) is 13.2. The van der Waals surface area contributed by atoms with Crippen molar-refractivity contribution in [1.29, 1.82) is 0 Å². The zero-order valence-electron chi connectivity index (χ0n) is 9.73. The minimum Gasteiger partial charge on any atom is -0.399 e. The van der Waals surface area contributed by atoms with Crippen LogP contribution in [0.1, 0.15) is 12.8 Å². The van der Waals surface area contributed by atoms with Gasteiger partial charge in [0.25, 0.3) is 0 Å². The standard InChI is InChI=1S/C11H15ClN2O2S2/c12-10-4-3-8(13)6-11(10)18(15,16)14-7-9-2-1-5-17-9/h3-4,6,9,14H,1-2,5,7,13H2. The fourth-order valence-electron chi connectivity index (χ4n) is 1.81. The number of hydrogen-bond donors (Lipinski definition) is 2. The van der Waals surface area contributed by atoms with E-state index in [9.17, 15) is 8.42 Å². The molecular formula is C11H15ClN2O2S2. The molecule has 0 saturated carbocycles. The minimum atomic E-state index is -3.58. The molecule has 1 aliphatic rings. The molecular weight excluding hydrogens is 292 g/mol. The maximum Gasteiger partial charge on any atom is 0.242 e. The second kappa shape index (κ2) is 5.69. The molecule has 2 rings (SSSR count). The number of hydrogen-bond acceptors (Lipinski definition) is 4. The molecule has 0 amide bonds. The Morgan fingerprint density at radius 2 is 2.28 bits per heavy atom. The molecule has 1 heterocycles. The molecule has 0 aromatic heterocycles. The van der Waals surface area contributed by atoms with Crippen molar-refractivity contribution in [2.24, 2.45) is 0 Å². The van der Waals surface area contributed by atoms with Crippen LogP contribution in [0.2, 0.25) is 5.02 Å². The molecule has 4 nitrogen and oxygen atoms in total. The normalized spacial score (nSPS) is 20.2. The van der Waals surface area contributed by atoms with Gasteiger partial charge in [-0.25, -0.2) is 13.1 Å². The molecule has 1 aromatic carbocycles. The summed E-state index contributed by atoms with van der Waals surface area (Å²) >= 11 is 7.70. The van der Waals surface area contributed by atoms with Gasteiger partial charge in [0.2, 0.25) is 10.0 Å². The van der Waals surface area contributed by atoms with Crippen molar-refractivity contribution in [1.82, 2.24) is 4.72 Å². The van der Waals surface area contributed by atoms with Crippen molar-refractivity contribution in [3.63, 3.8) is 0 Å². The third kappa shape index (κ3) is 3.32. The maximum atomic E-state index is 12.1.